The molecule has 1 nitrogen and oxygen atoms in total. The summed E-state index contributed by atoms with van der Waals surface area (Å²) in [7, 11) is 0. The number of hydrogen-bond acceptors (Lipinski definition) is 1. The first-order chi connectivity index (χ1) is 9.59. The summed E-state index contributed by atoms with van der Waals surface area (Å²) in [5.41, 5.74) is 0.847. The lowest BCUT2D eigenvalue weighted by Crippen LogP contribution is -2.10. The van der Waals surface area contributed by atoms with Gasteiger partial charge in [-0.3, -0.25) is 0 Å². The van der Waals surface area contributed by atoms with Crippen LogP contribution in [0.2, 0.25) is 0 Å². The molecule has 4 heteroatoms. The van der Waals surface area contributed by atoms with Crippen LogP contribution in [0.4, 0.5) is 13.2 Å². The van der Waals surface area contributed by atoms with Crippen LogP contribution in [-0.4, -0.2) is 5.11 Å². The Morgan fingerprint density at radius 2 is 1.52 bits per heavy atom. The quantitative estimate of drug-likeness (QED) is 0.749. The van der Waals surface area contributed by atoms with E-state index in [9.17, 15) is 18.3 Å². The van der Waals surface area contributed by atoms with Gasteiger partial charge >= 0.3 is 6.18 Å². The Kier molecular flexibility index (Phi) is 3.74. The number of aromatic hydroxyl groups is 1. The number of halogens is 3. The standard InChI is InChI=1S/C17H17F3O/c1-16(2,3)12-7-8-15(21)14(10-12)11-5-4-6-13(9-11)17(18,19)20/h4-10,21H,1-3H3. The molecule has 0 heterocycles. The first-order valence-corrected chi connectivity index (χ1v) is 6.60. The van der Waals surface area contributed by atoms with Crippen molar-refractivity contribution in [3.05, 3.63) is 53.6 Å². The van der Waals surface area contributed by atoms with Gasteiger partial charge in [-0.1, -0.05) is 39.0 Å². The van der Waals surface area contributed by atoms with Crippen LogP contribution in [0.5, 0.6) is 5.75 Å². The van der Waals surface area contributed by atoms with Gasteiger partial charge in [-0.2, -0.15) is 13.2 Å². The minimum Gasteiger partial charge on any atom is -0.507 e. The van der Waals surface area contributed by atoms with Crippen molar-refractivity contribution in [3.63, 3.8) is 0 Å². The average Bonchev–Trinajstić information content (AvgIpc) is 2.37. The molecular formula is C17H17F3O. The van der Waals surface area contributed by atoms with Crippen molar-refractivity contribution in [2.45, 2.75) is 32.4 Å². The molecule has 0 bridgehead atoms. The van der Waals surface area contributed by atoms with Gasteiger partial charge in [-0.15, -0.1) is 0 Å². The molecule has 2 aromatic carbocycles. The zero-order valence-corrected chi connectivity index (χ0v) is 12.1. The van der Waals surface area contributed by atoms with E-state index < -0.39 is 11.7 Å². The fourth-order valence-corrected chi connectivity index (χ4v) is 2.10. The molecule has 0 spiro atoms. The lowest BCUT2D eigenvalue weighted by atomic mass is 9.85. The van der Waals surface area contributed by atoms with Gasteiger partial charge in [0, 0.05) is 5.56 Å². The monoisotopic (exact) mass is 294 g/mol. The maximum Gasteiger partial charge on any atom is 0.416 e. The Morgan fingerprint density at radius 1 is 0.857 bits per heavy atom. The van der Waals surface area contributed by atoms with Crippen molar-refractivity contribution >= 4 is 0 Å². The zero-order chi connectivity index (χ0) is 15.8. The molecule has 2 rings (SSSR count). The molecule has 21 heavy (non-hydrogen) atoms. The van der Waals surface area contributed by atoms with Crippen LogP contribution in [-0.2, 0) is 11.6 Å². The van der Waals surface area contributed by atoms with Crippen LogP contribution in [0, 0.1) is 0 Å². The summed E-state index contributed by atoms with van der Waals surface area (Å²) in [5.74, 6) is -0.0256. The fourth-order valence-electron chi connectivity index (χ4n) is 2.10. The highest BCUT2D eigenvalue weighted by molar-refractivity contribution is 5.71. The highest BCUT2D eigenvalue weighted by Gasteiger charge is 2.30. The molecule has 0 aliphatic rings. The predicted octanol–water partition coefficient (Wildman–Crippen LogP) is 5.38. The Balaban J connectivity index is 2.57. The predicted molar refractivity (Wildman–Crippen MR) is 77.2 cm³/mol. The minimum atomic E-state index is -4.40. The van der Waals surface area contributed by atoms with Crippen LogP contribution < -0.4 is 0 Å². The van der Waals surface area contributed by atoms with Crippen molar-refractivity contribution in [1.29, 1.82) is 0 Å². The SMILES string of the molecule is CC(C)(C)c1ccc(O)c(-c2cccc(C(F)(F)F)c2)c1. The van der Waals surface area contributed by atoms with Crippen LogP contribution in [0.1, 0.15) is 31.9 Å². The summed E-state index contributed by atoms with van der Waals surface area (Å²) in [5, 5.41) is 9.97. The number of hydrogen-bond donors (Lipinski definition) is 1. The Hall–Kier alpha value is -1.97. The molecule has 112 valence electrons. The van der Waals surface area contributed by atoms with Gasteiger partial charge < -0.3 is 5.11 Å². The van der Waals surface area contributed by atoms with Crippen molar-refractivity contribution < 1.29 is 18.3 Å². The number of phenols is 1. The summed E-state index contributed by atoms with van der Waals surface area (Å²) in [4.78, 5) is 0. The molecule has 0 amide bonds. The van der Waals surface area contributed by atoms with Crippen molar-refractivity contribution in [1.82, 2.24) is 0 Å². The van der Waals surface area contributed by atoms with Gasteiger partial charge in [-0.05, 0) is 40.8 Å². The minimum absolute atomic E-state index is 0.0256. The van der Waals surface area contributed by atoms with Gasteiger partial charge in [0.15, 0.2) is 0 Å². The molecule has 0 unspecified atom stereocenters. The van der Waals surface area contributed by atoms with E-state index in [2.05, 4.69) is 0 Å². The molecule has 0 radical (unpaired) electrons. The van der Waals surface area contributed by atoms with Gasteiger partial charge in [0.2, 0.25) is 0 Å². The molecule has 0 fully saturated rings. The summed E-state index contributed by atoms with van der Waals surface area (Å²) in [6.07, 6.45) is -4.40. The first kappa shape index (κ1) is 15.4. The van der Waals surface area contributed by atoms with Crippen molar-refractivity contribution in [3.8, 4) is 16.9 Å². The smallest absolute Gasteiger partial charge is 0.416 e. The zero-order valence-electron chi connectivity index (χ0n) is 12.1. The summed E-state index contributed by atoms with van der Waals surface area (Å²) in [6, 6.07) is 10.0. The largest absolute Gasteiger partial charge is 0.507 e. The van der Waals surface area contributed by atoms with E-state index in [0.717, 1.165) is 17.7 Å². The normalized spacial score (nSPS) is 12.5. The third-order valence-electron chi connectivity index (χ3n) is 3.36. The van der Waals surface area contributed by atoms with Gasteiger partial charge in [0.1, 0.15) is 5.75 Å². The first-order valence-electron chi connectivity index (χ1n) is 6.60. The summed E-state index contributed by atoms with van der Waals surface area (Å²) in [6.45, 7) is 6.03. The topological polar surface area (TPSA) is 20.2 Å². The van der Waals surface area contributed by atoms with E-state index in [4.69, 9.17) is 0 Å². The number of phenolic OH excluding ortho intramolecular Hbond substituents is 1. The highest BCUT2D eigenvalue weighted by Crippen LogP contribution is 2.37. The maximum atomic E-state index is 12.8. The molecule has 0 saturated carbocycles. The number of alkyl halides is 3. The lowest BCUT2D eigenvalue weighted by molar-refractivity contribution is -0.137. The van der Waals surface area contributed by atoms with E-state index in [1.165, 1.54) is 12.1 Å². The van der Waals surface area contributed by atoms with E-state index >= 15 is 0 Å². The molecule has 0 aromatic heterocycles. The van der Waals surface area contributed by atoms with Crippen LogP contribution in [0.3, 0.4) is 0 Å². The van der Waals surface area contributed by atoms with Crippen molar-refractivity contribution in [2.75, 3.05) is 0 Å². The molecule has 1 N–H and O–H groups in total. The molecule has 0 aliphatic carbocycles. The Labute approximate surface area is 122 Å². The van der Waals surface area contributed by atoms with Crippen molar-refractivity contribution in [2.24, 2.45) is 0 Å². The Bertz CT molecular complexity index is 652. The number of rotatable bonds is 1. The third-order valence-corrected chi connectivity index (χ3v) is 3.36. The second kappa shape index (κ2) is 5.10. The molecule has 2 aromatic rings. The van der Waals surface area contributed by atoms with E-state index in [1.54, 1.807) is 18.2 Å². The molecule has 0 saturated heterocycles. The van der Waals surface area contributed by atoms with E-state index in [-0.39, 0.29) is 11.2 Å². The molecular weight excluding hydrogens is 277 g/mol. The van der Waals surface area contributed by atoms with E-state index in [1.807, 2.05) is 20.8 Å². The molecule has 0 atom stereocenters. The van der Waals surface area contributed by atoms with Crippen LogP contribution in [0.15, 0.2) is 42.5 Å². The third kappa shape index (κ3) is 3.38. The highest BCUT2D eigenvalue weighted by atomic mass is 19.4. The Morgan fingerprint density at radius 3 is 2.10 bits per heavy atom. The maximum absolute atomic E-state index is 12.8. The fraction of sp³-hybridized carbons (Fsp3) is 0.294. The lowest BCUT2D eigenvalue weighted by Gasteiger charge is -2.20. The summed E-state index contributed by atoms with van der Waals surface area (Å²) >= 11 is 0. The van der Waals surface area contributed by atoms with Gasteiger partial charge in [0.25, 0.3) is 0 Å². The van der Waals surface area contributed by atoms with Gasteiger partial charge in [-0.25, -0.2) is 0 Å². The van der Waals surface area contributed by atoms with Crippen LogP contribution in [0.25, 0.3) is 11.1 Å². The second-order valence-corrected chi connectivity index (χ2v) is 6.06. The molecule has 0 aliphatic heterocycles. The summed E-state index contributed by atoms with van der Waals surface area (Å²) < 4.78 is 38.4. The van der Waals surface area contributed by atoms with Gasteiger partial charge in [0.05, 0.1) is 5.56 Å². The average molecular weight is 294 g/mol. The second-order valence-electron chi connectivity index (χ2n) is 6.06. The van der Waals surface area contributed by atoms with E-state index in [0.29, 0.717) is 11.1 Å². The number of benzene rings is 2. The van der Waals surface area contributed by atoms with Crippen LogP contribution >= 0.6 is 0 Å².